The Bertz CT molecular complexity index is 1070. The van der Waals surface area contributed by atoms with E-state index in [0.29, 0.717) is 0 Å². The normalized spacial score (nSPS) is 34.0. The maximum absolute atomic E-state index is 12.8. The van der Waals surface area contributed by atoms with Crippen molar-refractivity contribution in [3.8, 4) is 0 Å². The van der Waals surface area contributed by atoms with E-state index >= 15 is 0 Å². The van der Waals surface area contributed by atoms with E-state index in [4.69, 9.17) is 42.6 Å². The Hall–Kier alpha value is -3.79. The minimum atomic E-state index is -1.64. The topological polar surface area (TPSA) is 203 Å². The van der Waals surface area contributed by atoms with Crippen LogP contribution in [0, 0.1) is 5.92 Å². The molecule has 3 saturated heterocycles. The fraction of sp³-hybridized carbons (Fsp3) is 0.720. The summed E-state index contributed by atoms with van der Waals surface area (Å²) in [6, 6.07) is 0. The highest BCUT2D eigenvalue weighted by atomic mass is 16.7. The Morgan fingerprint density at radius 1 is 0.659 bits per heavy atom. The van der Waals surface area contributed by atoms with Crippen LogP contribution in [0.3, 0.4) is 0 Å². The fourth-order valence-corrected chi connectivity index (χ4v) is 5.02. The monoisotopic (exact) mass is 588 g/mol. The van der Waals surface area contributed by atoms with Crippen LogP contribution in [0.4, 0.5) is 0 Å². The van der Waals surface area contributed by atoms with Gasteiger partial charge in [0.25, 0.3) is 0 Å². The van der Waals surface area contributed by atoms with Crippen LogP contribution in [0.2, 0.25) is 0 Å². The third kappa shape index (κ3) is 7.91. The van der Waals surface area contributed by atoms with E-state index < -0.39 is 109 Å². The van der Waals surface area contributed by atoms with Crippen LogP contribution in [-0.4, -0.2) is 104 Å². The van der Waals surface area contributed by atoms with Crippen LogP contribution < -0.4 is 0 Å². The Labute approximate surface area is 234 Å². The van der Waals surface area contributed by atoms with Crippen LogP contribution in [0.5, 0.6) is 0 Å². The second kappa shape index (κ2) is 13.2. The van der Waals surface area contributed by atoms with Gasteiger partial charge in [0.2, 0.25) is 0 Å². The molecule has 0 spiro atoms. The molecular formula is C25H32O16. The molecule has 1 saturated carbocycles. The summed E-state index contributed by atoms with van der Waals surface area (Å²) in [5, 5.41) is 0. The summed E-state index contributed by atoms with van der Waals surface area (Å²) in [6.45, 7) is 6.08. The predicted molar refractivity (Wildman–Crippen MR) is 126 cm³/mol. The molecule has 0 aromatic heterocycles. The van der Waals surface area contributed by atoms with Crippen LogP contribution >= 0.6 is 0 Å². The molecule has 4 aliphatic rings. The van der Waals surface area contributed by atoms with Crippen LogP contribution in [0.1, 0.15) is 48.0 Å². The molecule has 4 fully saturated rings. The van der Waals surface area contributed by atoms with Gasteiger partial charge in [-0.15, -0.1) is 0 Å². The van der Waals surface area contributed by atoms with Crippen molar-refractivity contribution >= 4 is 41.8 Å². The summed E-state index contributed by atoms with van der Waals surface area (Å²) in [7, 11) is 0. The van der Waals surface area contributed by atoms with Crippen LogP contribution in [0.25, 0.3) is 0 Å². The first-order valence-corrected chi connectivity index (χ1v) is 12.7. The molecular weight excluding hydrogens is 556 g/mol. The Kier molecular flexibility index (Phi) is 10.3. The van der Waals surface area contributed by atoms with E-state index in [1.165, 1.54) is 0 Å². The van der Waals surface area contributed by atoms with Gasteiger partial charge < -0.3 is 42.6 Å². The van der Waals surface area contributed by atoms with Gasteiger partial charge in [0, 0.05) is 48.0 Å². The minimum absolute atomic E-state index is 0.0587. The second-order valence-corrected chi connectivity index (χ2v) is 9.63. The van der Waals surface area contributed by atoms with Gasteiger partial charge in [-0.3, -0.25) is 33.6 Å². The maximum atomic E-state index is 12.8. The molecule has 16 nitrogen and oxygen atoms in total. The molecule has 2 bridgehead atoms. The highest BCUT2D eigenvalue weighted by Gasteiger charge is 2.61. The zero-order valence-corrected chi connectivity index (χ0v) is 23.2. The summed E-state index contributed by atoms with van der Waals surface area (Å²) < 4.78 is 49.2. The van der Waals surface area contributed by atoms with E-state index in [-0.39, 0.29) is 6.42 Å². The van der Waals surface area contributed by atoms with E-state index in [9.17, 15) is 33.6 Å². The van der Waals surface area contributed by atoms with Crippen molar-refractivity contribution < 1.29 is 76.2 Å². The van der Waals surface area contributed by atoms with Gasteiger partial charge in [-0.2, -0.15) is 0 Å². The molecule has 3 aliphatic heterocycles. The average molecular weight is 589 g/mol. The number of carbonyl (C=O) groups excluding carboxylic acids is 7. The fourth-order valence-electron chi connectivity index (χ4n) is 5.02. The Balaban J connectivity index is 2.02. The average Bonchev–Trinajstić information content (AvgIpc) is 2.82. The summed E-state index contributed by atoms with van der Waals surface area (Å²) in [6.07, 6.45) is -12.3. The molecule has 228 valence electrons. The Morgan fingerprint density at radius 2 is 1.17 bits per heavy atom. The van der Waals surface area contributed by atoms with Gasteiger partial charge in [-0.05, 0) is 0 Å². The van der Waals surface area contributed by atoms with E-state index in [1.807, 2.05) is 0 Å². The molecule has 4 rings (SSSR count). The zero-order chi connectivity index (χ0) is 30.6. The molecule has 0 unspecified atom stereocenters. The minimum Gasteiger partial charge on any atom is -0.463 e. The van der Waals surface area contributed by atoms with Crippen molar-refractivity contribution in [2.75, 3.05) is 6.61 Å². The highest BCUT2D eigenvalue weighted by molar-refractivity contribution is 5.77. The quantitative estimate of drug-likeness (QED) is 0.240. The number of fused-ring (bicyclic) bond motifs is 3. The lowest BCUT2D eigenvalue weighted by Gasteiger charge is -2.51. The molecule has 0 N–H and O–H groups in total. The van der Waals surface area contributed by atoms with Gasteiger partial charge >= 0.3 is 41.8 Å². The van der Waals surface area contributed by atoms with Gasteiger partial charge in [0.05, 0.1) is 5.92 Å². The first kappa shape index (κ1) is 31.7. The van der Waals surface area contributed by atoms with Gasteiger partial charge in [-0.25, -0.2) is 0 Å². The highest BCUT2D eigenvalue weighted by Crippen LogP contribution is 2.42. The van der Waals surface area contributed by atoms with Crippen molar-refractivity contribution in [2.45, 2.75) is 103 Å². The second-order valence-electron chi connectivity index (χ2n) is 9.63. The maximum Gasteiger partial charge on any atom is 0.312 e. The first-order chi connectivity index (χ1) is 19.2. The molecule has 16 heteroatoms. The SMILES string of the molecule is CC(=O)OC[C@H]1O[C@@H](O[C@H]2[C@H](OC(C)=O)[C@H]3OC(=O)[C@@H]2C[C@H]3OC(C)=O)[C@H](OC(C)=O)[C@@H](OC(C)=O)[C@@H]1OC(C)=O. The molecule has 1 aliphatic carbocycles. The van der Waals surface area contributed by atoms with Crippen molar-refractivity contribution in [1.82, 2.24) is 0 Å². The van der Waals surface area contributed by atoms with Gasteiger partial charge in [-0.1, -0.05) is 0 Å². The first-order valence-electron chi connectivity index (χ1n) is 12.7. The van der Waals surface area contributed by atoms with Gasteiger partial charge in [0.1, 0.15) is 24.9 Å². The molecule has 0 radical (unpaired) electrons. The number of esters is 7. The zero-order valence-electron chi connectivity index (χ0n) is 23.2. The van der Waals surface area contributed by atoms with E-state index in [2.05, 4.69) is 0 Å². The Morgan fingerprint density at radius 3 is 1.71 bits per heavy atom. The summed E-state index contributed by atoms with van der Waals surface area (Å²) in [4.78, 5) is 84.0. The van der Waals surface area contributed by atoms with E-state index in [1.54, 1.807) is 0 Å². The lowest BCUT2D eigenvalue weighted by atomic mass is 9.77. The number of hydrogen-bond donors (Lipinski definition) is 0. The number of ether oxygens (including phenoxy) is 9. The number of hydrogen-bond acceptors (Lipinski definition) is 16. The van der Waals surface area contributed by atoms with Crippen molar-refractivity contribution in [1.29, 1.82) is 0 Å². The van der Waals surface area contributed by atoms with Gasteiger partial charge in [0.15, 0.2) is 36.8 Å². The molecule has 10 atom stereocenters. The lowest BCUT2D eigenvalue weighted by molar-refractivity contribution is -0.338. The van der Waals surface area contributed by atoms with Crippen LogP contribution in [-0.2, 0) is 76.2 Å². The molecule has 3 heterocycles. The summed E-state index contributed by atoms with van der Waals surface area (Å²) in [5.74, 6) is -6.54. The van der Waals surface area contributed by atoms with Crippen molar-refractivity contribution in [3.63, 3.8) is 0 Å². The largest absolute Gasteiger partial charge is 0.463 e. The molecule has 0 aromatic carbocycles. The van der Waals surface area contributed by atoms with Crippen molar-refractivity contribution in [3.05, 3.63) is 0 Å². The number of rotatable bonds is 9. The van der Waals surface area contributed by atoms with Crippen molar-refractivity contribution in [2.24, 2.45) is 5.92 Å². The predicted octanol–water partition coefficient (Wildman–Crippen LogP) is -0.737. The summed E-state index contributed by atoms with van der Waals surface area (Å²) in [5.41, 5.74) is 0. The molecule has 41 heavy (non-hydrogen) atoms. The number of carbonyl (C=O) groups is 7. The smallest absolute Gasteiger partial charge is 0.312 e. The standard InChI is InChI=1S/C25H32O16/c1-9(26)33-8-17-20(35-11(3)28)22(37-13(5)30)23(38-14(6)31)25(39-17)41-18-15-7-16(34-10(2)27)19(40-24(15)32)21(18)36-12(4)29/h15-23,25H,7-8H2,1-6H3/t15-,16-,17-,18-,19+,20-,21+,22+,23-,25+/m1/s1. The third-order valence-corrected chi connectivity index (χ3v) is 6.31. The third-order valence-electron chi connectivity index (χ3n) is 6.31. The van der Waals surface area contributed by atoms with E-state index in [0.717, 1.165) is 41.5 Å². The lowest BCUT2D eigenvalue weighted by Crippen LogP contribution is -2.68. The summed E-state index contributed by atoms with van der Waals surface area (Å²) >= 11 is 0. The van der Waals surface area contributed by atoms with Crippen LogP contribution in [0.15, 0.2) is 0 Å². The molecule has 0 aromatic rings. The molecule has 0 amide bonds.